The molecule has 2 heteroatoms. The zero-order valence-corrected chi connectivity index (χ0v) is 18.5. The van der Waals surface area contributed by atoms with E-state index < -0.39 is 0 Å². The van der Waals surface area contributed by atoms with Crippen LogP contribution in [0.3, 0.4) is 0 Å². The van der Waals surface area contributed by atoms with Gasteiger partial charge in [0.1, 0.15) is 0 Å². The van der Waals surface area contributed by atoms with Gasteiger partial charge >= 0.3 is 0 Å². The second-order valence-corrected chi connectivity index (χ2v) is 7.84. The summed E-state index contributed by atoms with van der Waals surface area (Å²) >= 11 is 0. The molecule has 2 rings (SSSR count). The molecule has 0 radical (unpaired) electrons. The Balaban J connectivity index is 2.40. The highest BCUT2D eigenvalue weighted by molar-refractivity contribution is 5.67. The summed E-state index contributed by atoms with van der Waals surface area (Å²) in [6.07, 6.45) is 7.40. The van der Waals surface area contributed by atoms with Gasteiger partial charge in [-0.05, 0) is 84.3 Å². The van der Waals surface area contributed by atoms with Crippen LogP contribution in [0, 0.1) is 0 Å². The van der Waals surface area contributed by atoms with E-state index in [1.165, 1.54) is 71.9 Å². The van der Waals surface area contributed by atoms with Gasteiger partial charge in [0, 0.05) is 13.1 Å². The van der Waals surface area contributed by atoms with Crippen LogP contribution in [0.5, 0.6) is 0 Å². The van der Waals surface area contributed by atoms with Gasteiger partial charge < -0.3 is 10.6 Å². The van der Waals surface area contributed by atoms with E-state index in [9.17, 15) is 0 Å². The summed E-state index contributed by atoms with van der Waals surface area (Å²) < 4.78 is 0. The molecule has 0 fully saturated rings. The Morgan fingerprint density at radius 2 is 0.929 bits per heavy atom. The van der Waals surface area contributed by atoms with Crippen LogP contribution in [0.1, 0.15) is 75.6 Å². The molecular formula is C26H40N2. The number of hydrogen-bond acceptors (Lipinski definition) is 2. The average molecular weight is 381 g/mol. The Labute approximate surface area is 173 Å². The van der Waals surface area contributed by atoms with E-state index in [1.54, 1.807) is 0 Å². The fourth-order valence-corrected chi connectivity index (χ4v) is 3.65. The summed E-state index contributed by atoms with van der Waals surface area (Å²) in [6.45, 7) is 12.8. The highest BCUT2D eigenvalue weighted by Crippen LogP contribution is 2.27. The molecule has 0 unspecified atom stereocenters. The van der Waals surface area contributed by atoms with Crippen LogP contribution in [-0.4, -0.2) is 13.1 Å². The Morgan fingerprint density at radius 1 is 0.536 bits per heavy atom. The lowest BCUT2D eigenvalue weighted by atomic mass is 9.93. The molecule has 0 bridgehead atoms. The van der Waals surface area contributed by atoms with E-state index in [0.29, 0.717) is 0 Å². The third-order valence-electron chi connectivity index (χ3n) is 5.23. The van der Waals surface area contributed by atoms with Gasteiger partial charge in [0.2, 0.25) is 0 Å². The third kappa shape index (κ3) is 7.41. The smallest absolute Gasteiger partial charge is 0.0205 e. The molecule has 0 aliphatic heterocycles. The summed E-state index contributed by atoms with van der Waals surface area (Å²) in [5.41, 5.74) is 8.49. The first-order chi connectivity index (χ1) is 13.7. The van der Waals surface area contributed by atoms with Crippen molar-refractivity contribution in [3.8, 4) is 11.1 Å². The van der Waals surface area contributed by atoms with Crippen LogP contribution in [0.25, 0.3) is 11.1 Å². The highest BCUT2D eigenvalue weighted by Gasteiger charge is 2.07. The maximum atomic E-state index is 3.48. The summed E-state index contributed by atoms with van der Waals surface area (Å²) in [5, 5.41) is 6.97. The number of aryl methyl sites for hydroxylation is 2. The molecule has 0 aliphatic carbocycles. The van der Waals surface area contributed by atoms with E-state index >= 15 is 0 Å². The van der Waals surface area contributed by atoms with E-state index in [1.807, 2.05) is 0 Å². The molecule has 2 nitrogen and oxygen atoms in total. The minimum atomic E-state index is 0.932. The second kappa shape index (κ2) is 12.7. The first kappa shape index (κ1) is 22.6. The van der Waals surface area contributed by atoms with Crippen molar-refractivity contribution in [1.29, 1.82) is 0 Å². The lowest BCUT2D eigenvalue weighted by molar-refractivity contribution is 0.713. The van der Waals surface area contributed by atoms with Crippen LogP contribution in [0.15, 0.2) is 36.4 Å². The van der Waals surface area contributed by atoms with E-state index in [-0.39, 0.29) is 0 Å². The molecule has 0 spiro atoms. The largest absolute Gasteiger partial charge is 0.313 e. The van der Waals surface area contributed by atoms with Crippen LogP contribution in [0.4, 0.5) is 0 Å². The van der Waals surface area contributed by atoms with E-state index in [4.69, 9.17) is 0 Å². The zero-order valence-electron chi connectivity index (χ0n) is 18.5. The minimum Gasteiger partial charge on any atom is -0.313 e. The fourth-order valence-electron chi connectivity index (χ4n) is 3.65. The molecule has 0 saturated carbocycles. The fraction of sp³-hybridized carbons (Fsp3) is 0.538. The maximum absolute atomic E-state index is 3.48. The van der Waals surface area contributed by atoms with Crippen LogP contribution in [-0.2, 0) is 25.9 Å². The Kier molecular flexibility index (Phi) is 10.3. The van der Waals surface area contributed by atoms with Gasteiger partial charge in [-0.1, -0.05) is 64.8 Å². The number of hydrogen-bond donors (Lipinski definition) is 2. The number of rotatable bonds is 13. The van der Waals surface area contributed by atoms with Crippen molar-refractivity contribution in [1.82, 2.24) is 10.6 Å². The first-order valence-electron chi connectivity index (χ1n) is 11.4. The molecule has 2 aromatic rings. The van der Waals surface area contributed by atoms with Crippen molar-refractivity contribution in [2.45, 2.75) is 79.3 Å². The molecular weight excluding hydrogens is 340 g/mol. The molecule has 0 aromatic heterocycles. The third-order valence-corrected chi connectivity index (χ3v) is 5.23. The van der Waals surface area contributed by atoms with Gasteiger partial charge in [0.25, 0.3) is 0 Å². The summed E-state index contributed by atoms with van der Waals surface area (Å²) in [4.78, 5) is 0. The molecule has 0 heterocycles. The Hall–Kier alpha value is -1.64. The van der Waals surface area contributed by atoms with Crippen molar-refractivity contribution in [2.75, 3.05) is 13.1 Å². The second-order valence-electron chi connectivity index (χ2n) is 7.84. The number of unbranched alkanes of at least 4 members (excludes halogenated alkanes) is 2. The van der Waals surface area contributed by atoms with E-state index in [0.717, 1.165) is 26.2 Å². The SMILES string of the molecule is CCCCc1cc(CCCC)cc(-c2cc(CNCC)cc(CNCC)c2)c1. The predicted octanol–water partition coefficient (Wildman–Crippen LogP) is 6.26. The molecule has 154 valence electrons. The Bertz CT molecular complexity index is 592. The molecule has 2 aromatic carbocycles. The molecule has 0 aliphatic rings. The van der Waals surface area contributed by atoms with Gasteiger partial charge in [-0.2, -0.15) is 0 Å². The lowest BCUT2D eigenvalue weighted by Crippen LogP contribution is -2.14. The van der Waals surface area contributed by atoms with Crippen molar-refractivity contribution in [2.24, 2.45) is 0 Å². The zero-order chi connectivity index (χ0) is 20.2. The monoisotopic (exact) mass is 380 g/mol. The van der Waals surface area contributed by atoms with Crippen LogP contribution in [0.2, 0.25) is 0 Å². The van der Waals surface area contributed by atoms with Gasteiger partial charge in [0.15, 0.2) is 0 Å². The van der Waals surface area contributed by atoms with Gasteiger partial charge in [-0.15, -0.1) is 0 Å². The molecule has 0 atom stereocenters. The van der Waals surface area contributed by atoms with Crippen LogP contribution >= 0.6 is 0 Å². The van der Waals surface area contributed by atoms with Gasteiger partial charge in [-0.25, -0.2) is 0 Å². The topological polar surface area (TPSA) is 24.1 Å². The quantitative estimate of drug-likeness (QED) is 0.429. The van der Waals surface area contributed by atoms with Gasteiger partial charge in [-0.3, -0.25) is 0 Å². The highest BCUT2D eigenvalue weighted by atomic mass is 14.8. The molecule has 28 heavy (non-hydrogen) atoms. The first-order valence-corrected chi connectivity index (χ1v) is 11.4. The molecule has 0 amide bonds. The number of nitrogens with one attached hydrogen (secondary N) is 2. The average Bonchev–Trinajstić information content (AvgIpc) is 2.73. The van der Waals surface area contributed by atoms with Crippen LogP contribution < -0.4 is 10.6 Å². The van der Waals surface area contributed by atoms with Crippen molar-refractivity contribution < 1.29 is 0 Å². The summed E-state index contributed by atoms with van der Waals surface area (Å²) in [7, 11) is 0. The molecule has 0 saturated heterocycles. The standard InChI is InChI=1S/C26H40N2/c1-5-9-11-21-13-22(12-10-6-2)16-25(15-21)26-17-23(19-27-7-3)14-24(18-26)20-28-8-4/h13-18,27-28H,5-12,19-20H2,1-4H3. The van der Waals surface area contributed by atoms with Gasteiger partial charge in [0.05, 0.1) is 0 Å². The minimum absolute atomic E-state index is 0.932. The number of benzene rings is 2. The normalized spacial score (nSPS) is 11.1. The predicted molar refractivity (Wildman–Crippen MR) is 124 cm³/mol. The van der Waals surface area contributed by atoms with Crippen molar-refractivity contribution in [3.63, 3.8) is 0 Å². The summed E-state index contributed by atoms with van der Waals surface area (Å²) in [6, 6.07) is 14.4. The molecule has 2 N–H and O–H groups in total. The van der Waals surface area contributed by atoms with Crippen molar-refractivity contribution >= 4 is 0 Å². The Morgan fingerprint density at radius 3 is 1.32 bits per heavy atom. The maximum Gasteiger partial charge on any atom is 0.0205 e. The summed E-state index contributed by atoms with van der Waals surface area (Å²) in [5.74, 6) is 0. The lowest BCUT2D eigenvalue weighted by Gasteiger charge is -2.14. The van der Waals surface area contributed by atoms with Crippen molar-refractivity contribution in [3.05, 3.63) is 58.7 Å². The van der Waals surface area contributed by atoms with E-state index in [2.05, 4.69) is 74.7 Å².